The SMILES string of the molecule is C=C(C)C(=O)Oc1c2c(c(OC(=O)OC)c3ccccc13)CCC(Cl)C2. The lowest BCUT2D eigenvalue weighted by Gasteiger charge is -2.26. The van der Waals surface area contributed by atoms with Crippen molar-refractivity contribution in [1.29, 1.82) is 0 Å². The lowest BCUT2D eigenvalue weighted by atomic mass is 9.87. The van der Waals surface area contributed by atoms with E-state index in [1.54, 1.807) is 6.92 Å². The standard InChI is InChI=1S/C20H19ClO5/c1-11(2)19(22)25-18-14-7-5-4-6-13(14)17(26-20(23)24-3)15-9-8-12(21)10-16(15)18/h4-7,12H,1,8-10H2,2-3H3. The molecule has 0 heterocycles. The van der Waals surface area contributed by atoms with E-state index in [0.29, 0.717) is 40.7 Å². The number of ether oxygens (including phenoxy) is 3. The van der Waals surface area contributed by atoms with Crippen molar-refractivity contribution in [3.63, 3.8) is 0 Å². The highest BCUT2D eigenvalue weighted by atomic mass is 35.5. The zero-order chi connectivity index (χ0) is 18.8. The number of carbonyl (C=O) groups is 2. The molecule has 1 aliphatic rings. The number of halogens is 1. The number of alkyl halides is 1. The van der Waals surface area contributed by atoms with E-state index in [0.717, 1.165) is 17.5 Å². The summed E-state index contributed by atoms with van der Waals surface area (Å²) in [6.07, 6.45) is 1.06. The second-order valence-electron chi connectivity index (χ2n) is 6.23. The molecule has 2 aromatic carbocycles. The highest BCUT2D eigenvalue weighted by Crippen LogP contribution is 2.45. The first-order chi connectivity index (χ1) is 12.4. The lowest BCUT2D eigenvalue weighted by molar-refractivity contribution is -0.130. The number of benzene rings is 2. The summed E-state index contributed by atoms with van der Waals surface area (Å²) in [5.41, 5.74) is 1.90. The maximum atomic E-state index is 12.2. The second kappa shape index (κ2) is 7.38. The third-order valence-corrected chi connectivity index (χ3v) is 4.73. The predicted molar refractivity (Wildman–Crippen MR) is 99.1 cm³/mol. The Morgan fingerprint density at radius 2 is 1.73 bits per heavy atom. The van der Waals surface area contributed by atoms with Gasteiger partial charge in [0.05, 0.1) is 7.11 Å². The van der Waals surface area contributed by atoms with Gasteiger partial charge < -0.3 is 14.2 Å². The monoisotopic (exact) mass is 374 g/mol. The van der Waals surface area contributed by atoms with Crippen LogP contribution in [0.4, 0.5) is 4.79 Å². The third-order valence-electron chi connectivity index (χ3n) is 4.36. The van der Waals surface area contributed by atoms with Gasteiger partial charge in [0, 0.05) is 32.8 Å². The summed E-state index contributed by atoms with van der Waals surface area (Å²) in [4.78, 5) is 23.9. The van der Waals surface area contributed by atoms with Crippen LogP contribution >= 0.6 is 11.6 Å². The Balaban J connectivity index is 2.27. The molecule has 0 saturated carbocycles. The average molecular weight is 375 g/mol. The Hall–Kier alpha value is -2.53. The molecule has 26 heavy (non-hydrogen) atoms. The predicted octanol–water partition coefficient (Wildman–Crippen LogP) is 4.56. The van der Waals surface area contributed by atoms with Gasteiger partial charge in [0.15, 0.2) is 0 Å². The van der Waals surface area contributed by atoms with E-state index in [-0.39, 0.29) is 5.38 Å². The molecule has 0 spiro atoms. The number of esters is 1. The summed E-state index contributed by atoms with van der Waals surface area (Å²) in [7, 11) is 1.26. The van der Waals surface area contributed by atoms with Crippen molar-refractivity contribution in [1.82, 2.24) is 0 Å². The molecule has 3 rings (SSSR count). The molecular formula is C20H19ClO5. The number of hydrogen-bond acceptors (Lipinski definition) is 5. The van der Waals surface area contributed by atoms with Crippen LogP contribution in [0.1, 0.15) is 24.5 Å². The van der Waals surface area contributed by atoms with Gasteiger partial charge in [-0.25, -0.2) is 9.59 Å². The van der Waals surface area contributed by atoms with Gasteiger partial charge in [-0.05, 0) is 26.2 Å². The highest BCUT2D eigenvalue weighted by Gasteiger charge is 2.29. The van der Waals surface area contributed by atoms with Gasteiger partial charge in [-0.15, -0.1) is 11.6 Å². The third kappa shape index (κ3) is 3.40. The molecule has 0 amide bonds. The number of rotatable bonds is 3. The zero-order valence-corrected chi connectivity index (χ0v) is 15.4. The maximum absolute atomic E-state index is 12.2. The molecule has 0 aromatic heterocycles. The number of fused-ring (bicyclic) bond motifs is 2. The summed E-state index contributed by atoms with van der Waals surface area (Å²) in [6.45, 7) is 5.23. The van der Waals surface area contributed by atoms with E-state index in [4.69, 9.17) is 21.1 Å². The van der Waals surface area contributed by atoms with Crippen molar-refractivity contribution in [2.75, 3.05) is 7.11 Å². The molecule has 6 heteroatoms. The first kappa shape index (κ1) is 18.3. The molecule has 1 unspecified atom stereocenters. The van der Waals surface area contributed by atoms with Crippen molar-refractivity contribution >= 4 is 34.5 Å². The Morgan fingerprint density at radius 1 is 1.12 bits per heavy atom. The molecule has 2 aromatic rings. The lowest BCUT2D eigenvalue weighted by Crippen LogP contribution is -2.20. The van der Waals surface area contributed by atoms with E-state index < -0.39 is 12.1 Å². The van der Waals surface area contributed by atoms with E-state index in [1.165, 1.54) is 7.11 Å². The van der Waals surface area contributed by atoms with Gasteiger partial charge in [-0.1, -0.05) is 30.8 Å². The Bertz CT molecular complexity index is 903. The van der Waals surface area contributed by atoms with E-state index in [9.17, 15) is 9.59 Å². The van der Waals surface area contributed by atoms with Gasteiger partial charge in [0.25, 0.3) is 0 Å². The number of carbonyl (C=O) groups excluding carboxylic acids is 2. The van der Waals surface area contributed by atoms with E-state index >= 15 is 0 Å². The van der Waals surface area contributed by atoms with Crippen LogP contribution in [-0.2, 0) is 22.4 Å². The maximum Gasteiger partial charge on any atom is 0.513 e. The topological polar surface area (TPSA) is 61.8 Å². The molecule has 5 nitrogen and oxygen atoms in total. The summed E-state index contributed by atoms with van der Waals surface area (Å²) >= 11 is 6.36. The van der Waals surface area contributed by atoms with Crippen molar-refractivity contribution in [2.24, 2.45) is 0 Å². The van der Waals surface area contributed by atoms with Gasteiger partial charge >= 0.3 is 12.1 Å². The number of hydrogen-bond donors (Lipinski definition) is 0. The fourth-order valence-electron chi connectivity index (χ4n) is 3.12. The molecular weight excluding hydrogens is 356 g/mol. The molecule has 136 valence electrons. The zero-order valence-electron chi connectivity index (χ0n) is 14.6. The minimum atomic E-state index is -0.794. The molecule has 0 bridgehead atoms. The van der Waals surface area contributed by atoms with Crippen LogP contribution < -0.4 is 9.47 Å². The van der Waals surface area contributed by atoms with Crippen molar-refractivity contribution in [3.8, 4) is 11.5 Å². The molecule has 0 saturated heterocycles. The number of methoxy groups -OCH3 is 1. The minimum Gasteiger partial charge on any atom is -0.437 e. The molecule has 0 aliphatic heterocycles. The molecule has 0 radical (unpaired) electrons. The minimum absolute atomic E-state index is 0.0862. The second-order valence-corrected chi connectivity index (χ2v) is 6.84. The van der Waals surface area contributed by atoms with E-state index in [1.807, 2.05) is 24.3 Å². The summed E-state index contributed by atoms with van der Waals surface area (Å²) < 4.78 is 15.8. The highest BCUT2D eigenvalue weighted by molar-refractivity contribution is 6.21. The van der Waals surface area contributed by atoms with Crippen molar-refractivity contribution < 1.29 is 23.8 Å². The van der Waals surface area contributed by atoms with E-state index in [2.05, 4.69) is 11.3 Å². The quantitative estimate of drug-likeness (QED) is 0.259. The van der Waals surface area contributed by atoms with Gasteiger partial charge in [-0.3, -0.25) is 0 Å². The van der Waals surface area contributed by atoms with Crippen LogP contribution in [0.15, 0.2) is 36.4 Å². The first-order valence-electron chi connectivity index (χ1n) is 8.26. The summed E-state index contributed by atoms with van der Waals surface area (Å²) in [5.74, 6) is 0.378. The van der Waals surface area contributed by atoms with Crippen molar-refractivity contribution in [2.45, 2.75) is 31.6 Å². The van der Waals surface area contributed by atoms with Crippen molar-refractivity contribution in [3.05, 3.63) is 47.5 Å². The molecule has 0 fully saturated rings. The van der Waals surface area contributed by atoms with Crippen LogP contribution in [0.5, 0.6) is 11.5 Å². The normalized spacial score (nSPS) is 15.9. The van der Waals surface area contributed by atoms with Gasteiger partial charge in [0.2, 0.25) is 0 Å². The Labute approximate surface area is 156 Å². The fourth-order valence-corrected chi connectivity index (χ4v) is 3.38. The average Bonchev–Trinajstić information content (AvgIpc) is 2.63. The Morgan fingerprint density at radius 3 is 2.31 bits per heavy atom. The molecule has 1 atom stereocenters. The van der Waals surface area contributed by atoms with Crippen LogP contribution in [0, 0.1) is 0 Å². The van der Waals surface area contributed by atoms with Gasteiger partial charge in [-0.2, -0.15) is 0 Å². The van der Waals surface area contributed by atoms with Crippen LogP contribution in [0.3, 0.4) is 0 Å². The van der Waals surface area contributed by atoms with Crippen LogP contribution in [-0.4, -0.2) is 24.6 Å². The fraction of sp³-hybridized carbons (Fsp3) is 0.300. The summed E-state index contributed by atoms with van der Waals surface area (Å²) in [5, 5.41) is 1.26. The molecule has 0 N–H and O–H groups in total. The smallest absolute Gasteiger partial charge is 0.437 e. The first-order valence-corrected chi connectivity index (χ1v) is 8.70. The largest absolute Gasteiger partial charge is 0.513 e. The molecule has 1 aliphatic carbocycles. The Kier molecular flexibility index (Phi) is 5.18. The summed E-state index contributed by atoms with van der Waals surface area (Å²) in [6, 6.07) is 7.30. The van der Waals surface area contributed by atoms with Crippen LogP contribution in [0.2, 0.25) is 0 Å². The van der Waals surface area contributed by atoms with Crippen LogP contribution in [0.25, 0.3) is 10.8 Å². The van der Waals surface area contributed by atoms with Gasteiger partial charge in [0.1, 0.15) is 11.5 Å².